The number of aromatic nitrogens is 1. The van der Waals surface area contributed by atoms with Crippen LogP contribution in [0.15, 0.2) is 36.2 Å². The van der Waals surface area contributed by atoms with Crippen LogP contribution in [0.4, 0.5) is 0 Å². The standard InChI is InChI=1S/C18H25N3O2/c1-13(2)14(3)11-17(22)20-16-6-9-21(10-7-16)18(23)15-5-4-8-19-12-15/h4-5,8,11-13,16H,6-7,9-10H2,1-3H3,(H,20,22)/b14-11+. The van der Waals surface area contributed by atoms with Gasteiger partial charge in [0.2, 0.25) is 5.91 Å². The number of likely N-dealkylation sites (tertiary alicyclic amines) is 1. The fourth-order valence-corrected chi connectivity index (χ4v) is 2.52. The molecule has 0 bridgehead atoms. The first-order valence-corrected chi connectivity index (χ1v) is 8.15. The van der Waals surface area contributed by atoms with Gasteiger partial charge in [-0.15, -0.1) is 0 Å². The monoisotopic (exact) mass is 315 g/mol. The maximum atomic E-state index is 12.3. The van der Waals surface area contributed by atoms with Gasteiger partial charge in [0.25, 0.3) is 5.91 Å². The highest BCUT2D eigenvalue weighted by Gasteiger charge is 2.24. The normalized spacial score (nSPS) is 16.5. The quantitative estimate of drug-likeness (QED) is 0.868. The summed E-state index contributed by atoms with van der Waals surface area (Å²) in [6.45, 7) is 7.43. The van der Waals surface area contributed by atoms with E-state index in [1.165, 1.54) is 0 Å². The van der Waals surface area contributed by atoms with Gasteiger partial charge in [0.15, 0.2) is 0 Å². The summed E-state index contributed by atoms with van der Waals surface area (Å²) >= 11 is 0. The van der Waals surface area contributed by atoms with E-state index >= 15 is 0 Å². The summed E-state index contributed by atoms with van der Waals surface area (Å²) in [4.78, 5) is 30.1. The largest absolute Gasteiger partial charge is 0.350 e. The van der Waals surface area contributed by atoms with Crippen LogP contribution >= 0.6 is 0 Å². The van der Waals surface area contributed by atoms with Gasteiger partial charge in [0, 0.05) is 37.6 Å². The molecule has 5 nitrogen and oxygen atoms in total. The third kappa shape index (κ3) is 4.91. The summed E-state index contributed by atoms with van der Waals surface area (Å²) in [7, 11) is 0. The van der Waals surface area contributed by atoms with E-state index in [1.807, 2.05) is 11.8 Å². The lowest BCUT2D eigenvalue weighted by Gasteiger charge is -2.32. The second kappa shape index (κ2) is 7.90. The molecule has 0 aromatic carbocycles. The molecule has 23 heavy (non-hydrogen) atoms. The number of pyridine rings is 1. The molecule has 1 aromatic rings. The van der Waals surface area contributed by atoms with Gasteiger partial charge in [-0.3, -0.25) is 14.6 Å². The van der Waals surface area contributed by atoms with Crippen molar-refractivity contribution < 1.29 is 9.59 Å². The summed E-state index contributed by atoms with van der Waals surface area (Å²) in [5.41, 5.74) is 1.69. The van der Waals surface area contributed by atoms with E-state index in [9.17, 15) is 9.59 Å². The minimum atomic E-state index is -0.0340. The molecule has 1 aliphatic heterocycles. The highest BCUT2D eigenvalue weighted by Crippen LogP contribution is 2.14. The van der Waals surface area contributed by atoms with E-state index in [0.29, 0.717) is 24.6 Å². The minimum Gasteiger partial charge on any atom is -0.350 e. The average Bonchev–Trinajstić information content (AvgIpc) is 2.55. The third-order valence-electron chi connectivity index (χ3n) is 4.31. The SMILES string of the molecule is C/C(=C\C(=O)NC1CCN(C(=O)c2cccnc2)CC1)C(C)C. The number of hydrogen-bond acceptors (Lipinski definition) is 3. The Kier molecular flexibility index (Phi) is 5.90. The Morgan fingerprint density at radius 3 is 2.61 bits per heavy atom. The second-order valence-electron chi connectivity index (χ2n) is 6.36. The van der Waals surface area contributed by atoms with Crippen LogP contribution in [-0.2, 0) is 4.79 Å². The van der Waals surface area contributed by atoms with Gasteiger partial charge in [0.05, 0.1) is 5.56 Å². The summed E-state index contributed by atoms with van der Waals surface area (Å²) in [6.07, 6.45) is 6.50. The zero-order valence-electron chi connectivity index (χ0n) is 14.1. The number of amides is 2. The number of carbonyl (C=O) groups excluding carboxylic acids is 2. The van der Waals surface area contributed by atoms with Crippen LogP contribution in [0.2, 0.25) is 0 Å². The first kappa shape index (κ1) is 17.2. The fourth-order valence-electron chi connectivity index (χ4n) is 2.52. The van der Waals surface area contributed by atoms with Crippen LogP contribution in [0.3, 0.4) is 0 Å². The van der Waals surface area contributed by atoms with E-state index in [0.717, 1.165) is 18.4 Å². The van der Waals surface area contributed by atoms with Crippen molar-refractivity contribution >= 4 is 11.8 Å². The van der Waals surface area contributed by atoms with Crippen LogP contribution in [-0.4, -0.2) is 40.8 Å². The Morgan fingerprint density at radius 1 is 1.35 bits per heavy atom. The lowest BCUT2D eigenvalue weighted by molar-refractivity contribution is -0.117. The van der Waals surface area contributed by atoms with Gasteiger partial charge in [-0.1, -0.05) is 19.4 Å². The van der Waals surface area contributed by atoms with Crippen molar-refractivity contribution in [3.8, 4) is 0 Å². The van der Waals surface area contributed by atoms with Crippen LogP contribution in [0.5, 0.6) is 0 Å². The number of piperidine rings is 1. The lowest BCUT2D eigenvalue weighted by atomic mass is 10.0. The van der Waals surface area contributed by atoms with E-state index in [1.54, 1.807) is 30.6 Å². The highest BCUT2D eigenvalue weighted by molar-refractivity contribution is 5.94. The van der Waals surface area contributed by atoms with Crippen molar-refractivity contribution in [3.05, 3.63) is 41.7 Å². The number of hydrogen-bond donors (Lipinski definition) is 1. The molecule has 1 saturated heterocycles. The zero-order valence-corrected chi connectivity index (χ0v) is 14.1. The van der Waals surface area contributed by atoms with Gasteiger partial charge in [-0.2, -0.15) is 0 Å². The maximum absolute atomic E-state index is 12.3. The predicted octanol–water partition coefficient (Wildman–Crippen LogP) is 2.40. The molecule has 124 valence electrons. The molecule has 1 aliphatic rings. The van der Waals surface area contributed by atoms with Crippen molar-refractivity contribution in [1.29, 1.82) is 0 Å². The van der Waals surface area contributed by atoms with E-state index in [2.05, 4.69) is 24.1 Å². The summed E-state index contributed by atoms with van der Waals surface area (Å²) in [5, 5.41) is 3.04. The highest BCUT2D eigenvalue weighted by atomic mass is 16.2. The summed E-state index contributed by atoms with van der Waals surface area (Å²) in [5.74, 6) is 0.353. The smallest absolute Gasteiger partial charge is 0.255 e. The molecule has 1 N–H and O–H groups in total. The molecule has 0 saturated carbocycles. The maximum Gasteiger partial charge on any atom is 0.255 e. The summed E-state index contributed by atoms with van der Waals surface area (Å²) < 4.78 is 0. The Labute approximate surface area is 137 Å². The molecular formula is C18H25N3O2. The van der Waals surface area contributed by atoms with E-state index < -0.39 is 0 Å². The van der Waals surface area contributed by atoms with Crippen molar-refractivity contribution in [2.75, 3.05) is 13.1 Å². The number of nitrogens with zero attached hydrogens (tertiary/aromatic N) is 2. The van der Waals surface area contributed by atoms with Gasteiger partial charge < -0.3 is 10.2 Å². The molecule has 2 rings (SSSR count). The fraction of sp³-hybridized carbons (Fsp3) is 0.500. The second-order valence-corrected chi connectivity index (χ2v) is 6.36. The van der Waals surface area contributed by atoms with Gasteiger partial charge in [0.1, 0.15) is 0 Å². The molecule has 2 amide bonds. The van der Waals surface area contributed by atoms with Crippen molar-refractivity contribution in [3.63, 3.8) is 0 Å². The lowest BCUT2D eigenvalue weighted by Crippen LogP contribution is -2.46. The Bertz CT molecular complexity index is 573. The zero-order chi connectivity index (χ0) is 16.8. The van der Waals surface area contributed by atoms with Crippen LogP contribution < -0.4 is 5.32 Å². The van der Waals surface area contributed by atoms with Crippen LogP contribution in [0, 0.1) is 5.92 Å². The number of rotatable bonds is 4. The minimum absolute atomic E-state index is 0.0124. The Morgan fingerprint density at radius 2 is 2.04 bits per heavy atom. The van der Waals surface area contributed by atoms with Gasteiger partial charge >= 0.3 is 0 Å². The first-order chi connectivity index (χ1) is 11.0. The molecule has 0 aliphatic carbocycles. The average molecular weight is 315 g/mol. The van der Waals surface area contributed by atoms with Crippen LogP contribution in [0.25, 0.3) is 0 Å². The van der Waals surface area contributed by atoms with Crippen LogP contribution in [0.1, 0.15) is 44.0 Å². The third-order valence-corrected chi connectivity index (χ3v) is 4.31. The molecule has 0 atom stereocenters. The van der Waals surface area contributed by atoms with Crippen molar-refractivity contribution in [2.24, 2.45) is 5.92 Å². The Hall–Kier alpha value is -2.17. The molecule has 1 aromatic heterocycles. The molecule has 0 spiro atoms. The van der Waals surface area contributed by atoms with Gasteiger partial charge in [-0.05, 0) is 37.8 Å². The predicted molar refractivity (Wildman–Crippen MR) is 89.9 cm³/mol. The van der Waals surface area contributed by atoms with Crippen molar-refractivity contribution in [1.82, 2.24) is 15.2 Å². The molecule has 0 radical (unpaired) electrons. The topological polar surface area (TPSA) is 62.3 Å². The number of carbonyl (C=O) groups is 2. The molecular weight excluding hydrogens is 290 g/mol. The number of allylic oxidation sites excluding steroid dienone is 1. The molecule has 2 heterocycles. The van der Waals surface area contributed by atoms with E-state index in [-0.39, 0.29) is 17.9 Å². The molecule has 1 fully saturated rings. The Balaban J connectivity index is 1.83. The number of nitrogens with one attached hydrogen (secondary N) is 1. The first-order valence-electron chi connectivity index (χ1n) is 8.15. The van der Waals surface area contributed by atoms with E-state index in [4.69, 9.17) is 0 Å². The van der Waals surface area contributed by atoms with Gasteiger partial charge in [-0.25, -0.2) is 0 Å². The summed E-state index contributed by atoms with van der Waals surface area (Å²) in [6, 6.07) is 3.68. The molecule has 0 unspecified atom stereocenters. The van der Waals surface area contributed by atoms with Crippen molar-refractivity contribution in [2.45, 2.75) is 39.7 Å². The molecule has 5 heteroatoms.